The van der Waals surface area contributed by atoms with Gasteiger partial charge in [0.05, 0.1) is 12.6 Å². The lowest BCUT2D eigenvalue weighted by atomic mass is 10.0. The molecule has 3 nitrogen and oxygen atoms in total. The van der Waals surface area contributed by atoms with Crippen molar-refractivity contribution in [3.63, 3.8) is 0 Å². The lowest BCUT2D eigenvalue weighted by Gasteiger charge is -2.19. The molecule has 3 heteroatoms. The van der Waals surface area contributed by atoms with Crippen molar-refractivity contribution in [2.45, 2.75) is 32.4 Å². The van der Waals surface area contributed by atoms with Gasteiger partial charge in [-0.05, 0) is 48.9 Å². The van der Waals surface area contributed by atoms with Crippen LogP contribution < -0.4 is 5.32 Å². The minimum atomic E-state index is -0.00792. The third kappa shape index (κ3) is 3.99. The highest BCUT2D eigenvalue weighted by Gasteiger charge is 2.33. The van der Waals surface area contributed by atoms with E-state index in [1.807, 2.05) is 24.3 Å². The van der Waals surface area contributed by atoms with Crippen LogP contribution in [-0.4, -0.2) is 13.0 Å². The first kappa shape index (κ1) is 15.8. The summed E-state index contributed by atoms with van der Waals surface area (Å²) in [7, 11) is 1.67. The van der Waals surface area contributed by atoms with Gasteiger partial charge in [0.25, 0.3) is 5.91 Å². The molecule has 0 aromatic heterocycles. The molecule has 1 atom stereocenters. The van der Waals surface area contributed by atoms with E-state index in [1.165, 1.54) is 24.0 Å². The molecule has 0 aliphatic heterocycles. The Morgan fingerprint density at radius 3 is 2.35 bits per heavy atom. The monoisotopic (exact) mass is 309 g/mol. The van der Waals surface area contributed by atoms with E-state index in [2.05, 4.69) is 36.5 Å². The number of carbonyl (C=O) groups excluding carboxylic acids is 1. The van der Waals surface area contributed by atoms with Crippen molar-refractivity contribution in [1.29, 1.82) is 0 Å². The van der Waals surface area contributed by atoms with Crippen molar-refractivity contribution in [3.05, 3.63) is 70.8 Å². The number of hydrogen-bond donors (Lipinski definition) is 1. The Balaban J connectivity index is 1.72. The van der Waals surface area contributed by atoms with Gasteiger partial charge in [0, 0.05) is 12.7 Å². The fraction of sp³-hybridized carbons (Fsp3) is 0.350. The average molecular weight is 309 g/mol. The van der Waals surface area contributed by atoms with Crippen LogP contribution in [0.1, 0.15) is 45.9 Å². The molecule has 2 aromatic carbocycles. The molecule has 1 N–H and O–H groups in total. The molecular weight excluding hydrogens is 286 g/mol. The standard InChI is InChI=1S/C20H23NO2/c1-14-3-7-16(8-4-14)19(17-11-12-17)21-20(22)18-9-5-15(6-10-18)13-23-2/h3-10,17,19H,11-13H2,1-2H3,(H,21,22). The van der Waals surface area contributed by atoms with Crippen LogP contribution >= 0.6 is 0 Å². The van der Waals surface area contributed by atoms with Gasteiger partial charge in [0.15, 0.2) is 0 Å². The number of rotatable bonds is 6. The minimum absolute atomic E-state index is 0.00792. The first-order chi connectivity index (χ1) is 11.2. The maximum absolute atomic E-state index is 12.6. The van der Waals surface area contributed by atoms with Gasteiger partial charge < -0.3 is 10.1 Å². The van der Waals surface area contributed by atoms with Crippen molar-refractivity contribution in [2.24, 2.45) is 5.92 Å². The largest absolute Gasteiger partial charge is 0.380 e. The molecule has 0 saturated heterocycles. The van der Waals surface area contributed by atoms with Crippen molar-refractivity contribution < 1.29 is 9.53 Å². The zero-order valence-corrected chi connectivity index (χ0v) is 13.7. The van der Waals surface area contributed by atoms with Crippen LogP contribution in [0.3, 0.4) is 0 Å². The number of aryl methyl sites for hydroxylation is 1. The van der Waals surface area contributed by atoms with Gasteiger partial charge in [-0.3, -0.25) is 4.79 Å². The number of nitrogens with one attached hydrogen (secondary N) is 1. The summed E-state index contributed by atoms with van der Waals surface area (Å²) in [5.74, 6) is 0.556. The SMILES string of the molecule is COCc1ccc(C(=O)NC(c2ccc(C)cc2)C2CC2)cc1. The topological polar surface area (TPSA) is 38.3 Å². The van der Waals surface area contributed by atoms with Gasteiger partial charge in [-0.1, -0.05) is 42.0 Å². The van der Waals surface area contributed by atoms with Gasteiger partial charge in [-0.2, -0.15) is 0 Å². The quantitative estimate of drug-likeness (QED) is 0.875. The Labute approximate surface area is 137 Å². The molecule has 0 spiro atoms. The number of methoxy groups -OCH3 is 1. The van der Waals surface area contributed by atoms with E-state index >= 15 is 0 Å². The van der Waals surface area contributed by atoms with E-state index in [0.29, 0.717) is 18.1 Å². The van der Waals surface area contributed by atoms with E-state index in [1.54, 1.807) is 7.11 Å². The Hall–Kier alpha value is -2.13. The summed E-state index contributed by atoms with van der Waals surface area (Å²) < 4.78 is 5.10. The Bertz CT molecular complexity index is 657. The van der Waals surface area contributed by atoms with Crippen LogP contribution in [0.4, 0.5) is 0 Å². The lowest BCUT2D eigenvalue weighted by molar-refractivity contribution is 0.0931. The van der Waals surface area contributed by atoms with E-state index in [4.69, 9.17) is 4.74 Å². The second-order valence-corrected chi connectivity index (χ2v) is 6.33. The summed E-state index contributed by atoms with van der Waals surface area (Å²) in [6.07, 6.45) is 2.37. The van der Waals surface area contributed by atoms with Gasteiger partial charge >= 0.3 is 0 Å². The number of ether oxygens (including phenoxy) is 1. The van der Waals surface area contributed by atoms with Gasteiger partial charge in [0.2, 0.25) is 0 Å². The van der Waals surface area contributed by atoms with Crippen LogP contribution in [0.25, 0.3) is 0 Å². The molecule has 2 aromatic rings. The number of hydrogen-bond acceptors (Lipinski definition) is 2. The summed E-state index contributed by atoms with van der Waals surface area (Å²) in [6, 6.07) is 16.2. The minimum Gasteiger partial charge on any atom is -0.380 e. The molecule has 1 fully saturated rings. The molecule has 120 valence electrons. The number of benzene rings is 2. The van der Waals surface area contributed by atoms with E-state index in [9.17, 15) is 4.79 Å². The first-order valence-corrected chi connectivity index (χ1v) is 8.12. The fourth-order valence-corrected chi connectivity index (χ4v) is 2.82. The predicted octanol–water partition coefficient (Wildman–Crippen LogP) is 4.02. The van der Waals surface area contributed by atoms with E-state index < -0.39 is 0 Å². The summed E-state index contributed by atoms with van der Waals surface area (Å²) in [5, 5.41) is 3.21. The molecule has 1 aliphatic carbocycles. The van der Waals surface area contributed by atoms with Crippen molar-refractivity contribution in [1.82, 2.24) is 5.32 Å². The molecule has 0 radical (unpaired) electrons. The van der Waals surface area contributed by atoms with Gasteiger partial charge in [-0.15, -0.1) is 0 Å². The third-order valence-corrected chi connectivity index (χ3v) is 4.34. The van der Waals surface area contributed by atoms with Crippen LogP contribution in [0.15, 0.2) is 48.5 Å². The van der Waals surface area contributed by atoms with Crippen LogP contribution in [0.2, 0.25) is 0 Å². The molecule has 3 rings (SSSR count). The van der Waals surface area contributed by atoms with E-state index in [-0.39, 0.29) is 11.9 Å². The van der Waals surface area contributed by atoms with Crippen molar-refractivity contribution in [3.8, 4) is 0 Å². The zero-order valence-electron chi connectivity index (χ0n) is 13.7. The molecule has 1 aliphatic rings. The molecular formula is C20H23NO2. The second-order valence-electron chi connectivity index (χ2n) is 6.33. The molecule has 0 heterocycles. The van der Waals surface area contributed by atoms with Gasteiger partial charge in [-0.25, -0.2) is 0 Å². The normalized spacial score (nSPS) is 15.2. The van der Waals surface area contributed by atoms with E-state index in [0.717, 1.165) is 5.56 Å². The highest BCUT2D eigenvalue weighted by Crippen LogP contribution is 2.41. The van der Waals surface area contributed by atoms with Gasteiger partial charge in [0.1, 0.15) is 0 Å². The first-order valence-electron chi connectivity index (χ1n) is 8.12. The maximum atomic E-state index is 12.6. The maximum Gasteiger partial charge on any atom is 0.251 e. The summed E-state index contributed by atoms with van der Waals surface area (Å²) >= 11 is 0. The number of carbonyl (C=O) groups is 1. The van der Waals surface area contributed by atoms with Crippen molar-refractivity contribution in [2.75, 3.05) is 7.11 Å². The average Bonchev–Trinajstić information content (AvgIpc) is 3.39. The van der Waals surface area contributed by atoms with Crippen molar-refractivity contribution >= 4 is 5.91 Å². The third-order valence-electron chi connectivity index (χ3n) is 4.34. The Kier molecular flexibility index (Phi) is 4.77. The smallest absolute Gasteiger partial charge is 0.251 e. The molecule has 1 saturated carbocycles. The highest BCUT2D eigenvalue weighted by atomic mass is 16.5. The molecule has 1 unspecified atom stereocenters. The summed E-state index contributed by atoms with van der Waals surface area (Å²) in [4.78, 5) is 12.6. The second kappa shape index (κ2) is 6.97. The highest BCUT2D eigenvalue weighted by molar-refractivity contribution is 5.94. The zero-order chi connectivity index (χ0) is 16.2. The van der Waals surface area contributed by atoms with Crippen LogP contribution in [0, 0.1) is 12.8 Å². The predicted molar refractivity (Wildman–Crippen MR) is 91.3 cm³/mol. The molecule has 1 amide bonds. The fourth-order valence-electron chi connectivity index (χ4n) is 2.82. The van der Waals surface area contributed by atoms with Crippen LogP contribution in [-0.2, 0) is 11.3 Å². The van der Waals surface area contributed by atoms with Crippen LogP contribution in [0.5, 0.6) is 0 Å². The summed E-state index contributed by atoms with van der Waals surface area (Å²) in [5.41, 5.74) is 4.20. The Morgan fingerprint density at radius 2 is 1.78 bits per heavy atom. The Morgan fingerprint density at radius 1 is 1.13 bits per heavy atom. The lowest BCUT2D eigenvalue weighted by Crippen LogP contribution is -2.29. The number of amides is 1. The molecule has 0 bridgehead atoms. The summed E-state index contributed by atoms with van der Waals surface area (Å²) in [6.45, 7) is 2.64. The molecule has 23 heavy (non-hydrogen) atoms.